The van der Waals surface area contributed by atoms with E-state index in [0.717, 1.165) is 55.8 Å². The number of nitrogen functional groups attached to an aromatic ring is 1. The number of nitrogens with one attached hydrogen (secondary N) is 1. The van der Waals surface area contributed by atoms with Crippen LogP contribution in [0, 0.1) is 5.92 Å². The SMILES string of the molecule is CN1CC(Cc2ccc(Cl)cc2)N(C2CCN(c3n[nH]c(N)n3)CC2)CC1CC1CCCCC1. The van der Waals surface area contributed by atoms with Crippen LogP contribution in [0.3, 0.4) is 0 Å². The van der Waals surface area contributed by atoms with Crippen molar-refractivity contribution in [3.05, 3.63) is 34.9 Å². The minimum absolute atomic E-state index is 0.393. The molecule has 2 unspecified atom stereocenters. The summed E-state index contributed by atoms with van der Waals surface area (Å²) in [4.78, 5) is 12.1. The molecule has 8 heteroatoms. The molecular weight excluding hydrogens is 446 g/mol. The average Bonchev–Trinajstić information content (AvgIpc) is 3.29. The normalized spacial score (nSPS) is 26.2. The first-order valence-electron chi connectivity index (χ1n) is 13.2. The molecule has 3 heterocycles. The molecule has 34 heavy (non-hydrogen) atoms. The number of piperidine rings is 1. The van der Waals surface area contributed by atoms with Gasteiger partial charge in [-0.2, -0.15) is 4.98 Å². The molecule has 2 aromatic rings. The highest BCUT2D eigenvalue weighted by Gasteiger charge is 2.38. The van der Waals surface area contributed by atoms with Gasteiger partial charge >= 0.3 is 0 Å². The van der Waals surface area contributed by atoms with E-state index >= 15 is 0 Å². The van der Waals surface area contributed by atoms with Gasteiger partial charge in [-0.05, 0) is 56.3 Å². The van der Waals surface area contributed by atoms with Crippen molar-refractivity contribution in [2.24, 2.45) is 5.92 Å². The lowest BCUT2D eigenvalue weighted by atomic mass is 9.83. The lowest BCUT2D eigenvalue weighted by Gasteiger charge is -2.51. The number of piperazine rings is 1. The number of rotatable bonds is 6. The van der Waals surface area contributed by atoms with Crippen molar-refractivity contribution in [2.75, 3.05) is 43.9 Å². The first kappa shape index (κ1) is 23.9. The molecule has 5 rings (SSSR count). The third-order valence-corrected chi connectivity index (χ3v) is 8.69. The van der Waals surface area contributed by atoms with Crippen LogP contribution in [0.15, 0.2) is 24.3 Å². The summed E-state index contributed by atoms with van der Waals surface area (Å²) >= 11 is 6.16. The van der Waals surface area contributed by atoms with Crippen LogP contribution in [0.5, 0.6) is 0 Å². The zero-order valence-electron chi connectivity index (χ0n) is 20.5. The van der Waals surface area contributed by atoms with Gasteiger partial charge in [-0.1, -0.05) is 55.8 Å². The molecule has 1 aliphatic carbocycles. The molecule has 0 bridgehead atoms. The summed E-state index contributed by atoms with van der Waals surface area (Å²) in [6, 6.07) is 10.3. The Hall–Kier alpha value is -1.83. The first-order chi connectivity index (χ1) is 16.5. The van der Waals surface area contributed by atoms with Crippen LogP contribution in [0.1, 0.15) is 56.9 Å². The van der Waals surface area contributed by atoms with Crippen molar-refractivity contribution in [3.63, 3.8) is 0 Å². The second kappa shape index (κ2) is 10.8. The van der Waals surface area contributed by atoms with Crippen LogP contribution in [0.4, 0.5) is 11.9 Å². The number of halogens is 1. The summed E-state index contributed by atoms with van der Waals surface area (Å²) in [6.07, 6.45) is 11.9. The van der Waals surface area contributed by atoms with Gasteiger partial charge < -0.3 is 15.5 Å². The van der Waals surface area contributed by atoms with Gasteiger partial charge in [0, 0.05) is 49.3 Å². The molecule has 1 saturated carbocycles. The molecule has 3 fully saturated rings. The van der Waals surface area contributed by atoms with E-state index in [-0.39, 0.29) is 0 Å². The third-order valence-electron chi connectivity index (χ3n) is 8.43. The van der Waals surface area contributed by atoms with E-state index in [0.29, 0.717) is 24.1 Å². The van der Waals surface area contributed by atoms with Crippen molar-refractivity contribution in [1.82, 2.24) is 25.0 Å². The van der Waals surface area contributed by atoms with Gasteiger partial charge in [-0.3, -0.25) is 4.90 Å². The summed E-state index contributed by atoms with van der Waals surface area (Å²) in [5.74, 6) is 2.04. The maximum absolute atomic E-state index is 6.16. The third kappa shape index (κ3) is 5.69. The predicted octanol–water partition coefficient (Wildman–Crippen LogP) is 4.21. The number of H-pyrrole nitrogens is 1. The highest BCUT2D eigenvalue weighted by molar-refractivity contribution is 6.30. The molecule has 1 aromatic heterocycles. The fourth-order valence-electron chi connectivity index (χ4n) is 6.51. The van der Waals surface area contributed by atoms with E-state index < -0.39 is 0 Å². The summed E-state index contributed by atoms with van der Waals surface area (Å²) < 4.78 is 0. The Balaban J connectivity index is 1.28. The predicted molar refractivity (Wildman–Crippen MR) is 139 cm³/mol. The number of hydrogen-bond acceptors (Lipinski definition) is 6. The zero-order valence-corrected chi connectivity index (χ0v) is 21.3. The summed E-state index contributed by atoms with van der Waals surface area (Å²) in [7, 11) is 2.36. The Kier molecular flexibility index (Phi) is 7.61. The fraction of sp³-hybridized carbons (Fsp3) is 0.692. The lowest BCUT2D eigenvalue weighted by molar-refractivity contribution is -0.00203. The Morgan fingerprint density at radius 1 is 1.00 bits per heavy atom. The summed E-state index contributed by atoms with van der Waals surface area (Å²) in [5.41, 5.74) is 7.14. The number of aromatic nitrogens is 3. The van der Waals surface area contributed by atoms with Crippen LogP contribution in [-0.2, 0) is 6.42 Å². The van der Waals surface area contributed by atoms with Crippen LogP contribution in [0.25, 0.3) is 0 Å². The van der Waals surface area contributed by atoms with Crippen LogP contribution in [-0.4, -0.2) is 76.3 Å². The second-order valence-corrected chi connectivity index (χ2v) is 11.2. The smallest absolute Gasteiger partial charge is 0.246 e. The van der Waals surface area contributed by atoms with Crippen molar-refractivity contribution in [1.29, 1.82) is 0 Å². The quantitative estimate of drug-likeness (QED) is 0.638. The molecule has 0 spiro atoms. The Morgan fingerprint density at radius 3 is 2.41 bits per heavy atom. The van der Waals surface area contributed by atoms with Crippen LogP contribution in [0.2, 0.25) is 5.02 Å². The van der Waals surface area contributed by atoms with Crippen LogP contribution >= 0.6 is 11.6 Å². The first-order valence-corrected chi connectivity index (χ1v) is 13.6. The number of likely N-dealkylation sites (N-methyl/N-ethyl adjacent to an activating group) is 1. The molecule has 3 N–H and O–H groups in total. The minimum Gasteiger partial charge on any atom is -0.368 e. The Morgan fingerprint density at radius 2 is 1.74 bits per heavy atom. The van der Waals surface area contributed by atoms with Crippen molar-refractivity contribution in [2.45, 2.75) is 75.9 Å². The van der Waals surface area contributed by atoms with E-state index in [2.05, 4.69) is 49.1 Å². The number of aromatic amines is 1. The number of nitrogens with zero attached hydrogens (tertiary/aromatic N) is 5. The lowest BCUT2D eigenvalue weighted by Crippen LogP contribution is -2.62. The highest BCUT2D eigenvalue weighted by atomic mass is 35.5. The molecule has 2 aliphatic heterocycles. The molecule has 3 aliphatic rings. The van der Waals surface area contributed by atoms with Crippen molar-refractivity contribution >= 4 is 23.5 Å². The number of nitrogens with two attached hydrogens (primary N) is 1. The van der Waals surface area contributed by atoms with Crippen LogP contribution < -0.4 is 10.6 Å². The van der Waals surface area contributed by atoms with Gasteiger partial charge in [0.1, 0.15) is 0 Å². The van der Waals surface area contributed by atoms with E-state index in [1.165, 1.54) is 50.6 Å². The van der Waals surface area contributed by atoms with Gasteiger partial charge in [0.05, 0.1) is 0 Å². The number of hydrogen-bond donors (Lipinski definition) is 2. The van der Waals surface area contributed by atoms with Gasteiger partial charge in [0.25, 0.3) is 0 Å². The molecule has 2 atom stereocenters. The Labute approximate surface area is 209 Å². The van der Waals surface area contributed by atoms with Crippen molar-refractivity contribution in [3.8, 4) is 0 Å². The standard InChI is InChI=1S/C26H40ClN7/c1-32-17-24(16-20-7-9-21(27)10-8-20)34(18-23(32)15-19-5-3-2-4-6-19)22-11-13-33(14-12-22)26-29-25(28)30-31-26/h7-10,19,22-24H,2-6,11-18H2,1H3,(H3,28,29,30,31). The molecule has 0 amide bonds. The van der Waals surface area contributed by atoms with Gasteiger partial charge in [-0.25, -0.2) is 5.10 Å². The number of benzene rings is 1. The van der Waals surface area contributed by atoms with E-state index in [1.807, 2.05) is 12.1 Å². The van der Waals surface area contributed by atoms with E-state index in [9.17, 15) is 0 Å². The molecule has 186 valence electrons. The molecule has 2 saturated heterocycles. The van der Waals surface area contributed by atoms with E-state index in [1.54, 1.807) is 0 Å². The minimum atomic E-state index is 0.393. The molecule has 1 aromatic carbocycles. The maximum atomic E-state index is 6.16. The van der Waals surface area contributed by atoms with Crippen molar-refractivity contribution < 1.29 is 0 Å². The average molecular weight is 486 g/mol. The highest BCUT2D eigenvalue weighted by Crippen LogP contribution is 2.33. The number of anilines is 2. The fourth-order valence-corrected chi connectivity index (χ4v) is 6.63. The van der Waals surface area contributed by atoms with Gasteiger partial charge in [0.2, 0.25) is 11.9 Å². The summed E-state index contributed by atoms with van der Waals surface area (Å²) in [6.45, 7) is 4.28. The van der Waals surface area contributed by atoms with Gasteiger partial charge in [0.15, 0.2) is 0 Å². The molecular formula is C26H40ClN7. The Bertz CT molecular complexity index is 902. The van der Waals surface area contributed by atoms with E-state index in [4.69, 9.17) is 17.3 Å². The molecule has 0 radical (unpaired) electrons. The maximum Gasteiger partial charge on any atom is 0.246 e. The largest absolute Gasteiger partial charge is 0.368 e. The molecule has 7 nitrogen and oxygen atoms in total. The topological polar surface area (TPSA) is 77.3 Å². The second-order valence-electron chi connectivity index (χ2n) is 10.8. The monoisotopic (exact) mass is 485 g/mol. The summed E-state index contributed by atoms with van der Waals surface area (Å²) in [5, 5.41) is 7.87. The zero-order chi connectivity index (χ0) is 23.5. The van der Waals surface area contributed by atoms with Gasteiger partial charge in [-0.15, -0.1) is 5.10 Å².